The molecule has 0 saturated carbocycles. The van der Waals surface area contributed by atoms with Crippen LogP contribution in [0.1, 0.15) is 36.5 Å². The molecule has 0 aliphatic rings. The Morgan fingerprint density at radius 1 is 0.730 bits per heavy atom. The molecule has 3 heterocycles. The minimum atomic E-state index is 0. The average Bonchev–Trinajstić information content (AvgIpc) is 3.27. The number of aromatic nitrogens is 2. The smallest absolute Gasteiger partial charge is 0.121 e. The number of pyridine rings is 2. The third-order valence-electron chi connectivity index (χ3n) is 6.19. The van der Waals surface area contributed by atoms with Crippen LogP contribution in [0.4, 0.5) is 0 Å². The molecule has 0 amide bonds. The molecule has 3 aromatic carbocycles. The molecule has 4 heteroatoms. The van der Waals surface area contributed by atoms with E-state index in [1.165, 1.54) is 16.7 Å². The van der Waals surface area contributed by atoms with E-state index in [0.29, 0.717) is 5.92 Å². The van der Waals surface area contributed by atoms with Gasteiger partial charge in [-0.1, -0.05) is 60.7 Å². The first-order valence-corrected chi connectivity index (χ1v) is 12.2. The topological polar surface area (TPSA) is 38.9 Å². The van der Waals surface area contributed by atoms with Gasteiger partial charge in [-0.05, 0) is 54.9 Å². The van der Waals surface area contributed by atoms with Gasteiger partial charge in [0, 0.05) is 37.9 Å². The Balaban J connectivity index is 0.000000178. The number of rotatable bonds is 3. The molecule has 3 aromatic heterocycles. The Morgan fingerprint density at radius 3 is 2.27 bits per heavy atom. The first-order valence-electron chi connectivity index (χ1n) is 12.2. The van der Waals surface area contributed by atoms with E-state index in [1.54, 1.807) is 0 Å². The van der Waals surface area contributed by atoms with Crippen LogP contribution in [0, 0.1) is 26.0 Å². The molecule has 6 rings (SSSR count). The fraction of sp³-hybridized carbons (Fsp3) is 0.152. The molecule has 0 aliphatic heterocycles. The van der Waals surface area contributed by atoms with Crippen LogP contribution in [0.25, 0.3) is 44.5 Å². The maximum atomic E-state index is 6.09. The van der Waals surface area contributed by atoms with Crippen molar-refractivity contribution in [2.75, 3.05) is 0 Å². The van der Waals surface area contributed by atoms with E-state index in [2.05, 4.69) is 92.3 Å². The van der Waals surface area contributed by atoms with Crippen LogP contribution < -0.4 is 0 Å². The molecule has 6 aromatic rings. The molecule has 0 unspecified atom stereocenters. The summed E-state index contributed by atoms with van der Waals surface area (Å²) in [6.07, 6.45) is 3.63. The second-order valence-corrected chi connectivity index (χ2v) is 9.32. The number of aryl methyl sites for hydroxylation is 2. The summed E-state index contributed by atoms with van der Waals surface area (Å²) in [5.41, 5.74) is 9.35. The van der Waals surface area contributed by atoms with Gasteiger partial charge in [0.1, 0.15) is 5.58 Å². The third-order valence-corrected chi connectivity index (χ3v) is 6.19. The van der Waals surface area contributed by atoms with Crippen molar-refractivity contribution in [2.45, 2.75) is 33.6 Å². The van der Waals surface area contributed by atoms with Crippen LogP contribution in [0.3, 0.4) is 0 Å². The van der Waals surface area contributed by atoms with Gasteiger partial charge in [-0.3, -0.25) is 0 Å². The summed E-state index contributed by atoms with van der Waals surface area (Å²) in [5.74, 6) is 0.544. The molecule has 187 valence electrons. The van der Waals surface area contributed by atoms with E-state index >= 15 is 0 Å². The summed E-state index contributed by atoms with van der Waals surface area (Å²) in [6.45, 7) is 8.52. The molecule has 3 nitrogen and oxygen atoms in total. The van der Waals surface area contributed by atoms with Crippen molar-refractivity contribution in [1.82, 2.24) is 9.97 Å². The van der Waals surface area contributed by atoms with Crippen LogP contribution >= 0.6 is 0 Å². The largest absolute Gasteiger partial charge is 0.501 e. The Labute approximate surface area is 232 Å². The summed E-state index contributed by atoms with van der Waals surface area (Å²) >= 11 is 0. The Kier molecular flexibility index (Phi) is 8.33. The molecule has 0 N–H and O–H groups in total. The maximum Gasteiger partial charge on any atom is 0.121 e. The van der Waals surface area contributed by atoms with E-state index in [1.807, 2.05) is 48.8 Å². The second kappa shape index (κ2) is 11.6. The van der Waals surface area contributed by atoms with Crippen molar-refractivity contribution in [3.63, 3.8) is 0 Å². The SMILES string of the molecule is CC(C)c1cc[c-]c(-c2ccccn2)c1.Cc1ccnc(-c2[c-]ccc3c2oc2cc(C)ccc23)c1.[Ir]. The Morgan fingerprint density at radius 2 is 1.51 bits per heavy atom. The van der Waals surface area contributed by atoms with E-state index < -0.39 is 0 Å². The molecule has 0 atom stereocenters. The van der Waals surface area contributed by atoms with Crippen LogP contribution in [0.2, 0.25) is 0 Å². The maximum absolute atomic E-state index is 6.09. The molecular weight excluding hydrogens is 633 g/mol. The number of nitrogens with zero attached hydrogens (tertiary/aromatic N) is 2. The van der Waals surface area contributed by atoms with Crippen molar-refractivity contribution in [1.29, 1.82) is 0 Å². The van der Waals surface area contributed by atoms with Crippen molar-refractivity contribution < 1.29 is 24.5 Å². The van der Waals surface area contributed by atoms with Crippen LogP contribution in [-0.2, 0) is 20.1 Å². The summed E-state index contributed by atoms with van der Waals surface area (Å²) in [5, 5.41) is 2.25. The van der Waals surface area contributed by atoms with Gasteiger partial charge >= 0.3 is 0 Å². The molecule has 37 heavy (non-hydrogen) atoms. The molecule has 0 aliphatic carbocycles. The van der Waals surface area contributed by atoms with Gasteiger partial charge in [0.05, 0.1) is 5.58 Å². The minimum absolute atomic E-state index is 0. The Bertz CT molecular complexity index is 1640. The molecule has 0 saturated heterocycles. The van der Waals surface area contributed by atoms with Gasteiger partial charge in [-0.25, -0.2) is 0 Å². The zero-order valence-corrected chi connectivity index (χ0v) is 23.8. The number of benzene rings is 3. The summed E-state index contributed by atoms with van der Waals surface area (Å²) < 4.78 is 6.09. The van der Waals surface area contributed by atoms with Gasteiger partial charge in [0.2, 0.25) is 0 Å². The number of hydrogen-bond acceptors (Lipinski definition) is 3. The molecule has 0 bridgehead atoms. The van der Waals surface area contributed by atoms with Gasteiger partial charge in [-0.2, -0.15) is 0 Å². The van der Waals surface area contributed by atoms with Crippen molar-refractivity contribution >= 4 is 21.9 Å². The van der Waals surface area contributed by atoms with Crippen molar-refractivity contribution in [2.24, 2.45) is 0 Å². The van der Waals surface area contributed by atoms with Gasteiger partial charge in [0.25, 0.3) is 0 Å². The van der Waals surface area contributed by atoms with Gasteiger partial charge in [-0.15, -0.1) is 53.6 Å². The first kappa shape index (κ1) is 26.5. The number of hydrogen-bond donors (Lipinski definition) is 0. The monoisotopic (exact) mass is 661 g/mol. The summed E-state index contributed by atoms with van der Waals surface area (Å²) in [4.78, 5) is 8.77. The Hall–Kier alpha value is -3.59. The predicted octanol–water partition coefficient (Wildman–Crippen LogP) is 8.73. The molecule has 0 fully saturated rings. The summed E-state index contributed by atoms with van der Waals surface area (Å²) in [6, 6.07) is 33.0. The number of furan rings is 1. The van der Waals surface area contributed by atoms with Gasteiger partial charge < -0.3 is 14.4 Å². The van der Waals surface area contributed by atoms with Crippen LogP contribution in [0.15, 0.2) is 95.7 Å². The minimum Gasteiger partial charge on any atom is -0.501 e. The molecule has 1 radical (unpaired) electrons. The number of fused-ring (bicyclic) bond motifs is 3. The predicted molar refractivity (Wildman–Crippen MR) is 148 cm³/mol. The fourth-order valence-electron chi connectivity index (χ4n) is 4.23. The van der Waals surface area contributed by atoms with Crippen molar-refractivity contribution in [3.8, 4) is 22.5 Å². The first-order chi connectivity index (χ1) is 17.5. The fourth-order valence-corrected chi connectivity index (χ4v) is 4.23. The normalized spacial score (nSPS) is 10.7. The average molecular weight is 661 g/mol. The zero-order chi connectivity index (χ0) is 25.1. The van der Waals surface area contributed by atoms with Gasteiger partial charge in [0.15, 0.2) is 0 Å². The van der Waals surface area contributed by atoms with E-state index in [4.69, 9.17) is 4.42 Å². The van der Waals surface area contributed by atoms with E-state index in [9.17, 15) is 0 Å². The third kappa shape index (κ3) is 5.88. The molecule has 0 spiro atoms. The molecular formula is C33H28IrN2O-2. The standard InChI is InChI=1S/C19H14NO.C14H14N.Ir/c1-12-6-7-14-15-4-3-5-16(19(15)21-18(14)11-12)17-10-13(2)8-9-20-17;1-11(2)12-6-5-7-13(10-12)14-8-3-4-9-15-14;/h3-4,6-11H,1-2H3;3-6,8-11H,1-2H3;/q2*-1;. The van der Waals surface area contributed by atoms with Crippen LogP contribution in [0.5, 0.6) is 0 Å². The zero-order valence-electron chi connectivity index (χ0n) is 21.4. The summed E-state index contributed by atoms with van der Waals surface area (Å²) in [7, 11) is 0. The second-order valence-electron chi connectivity index (χ2n) is 9.32. The van der Waals surface area contributed by atoms with Crippen LogP contribution in [-0.4, -0.2) is 9.97 Å². The quantitative estimate of drug-likeness (QED) is 0.178. The van der Waals surface area contributed by atoms with Crippen molar-refractivity contribution in [3.05, 3.63) is 120 Å². The van der Waals surface area contributed by atoms with E-state index in [0.717, 1.165) is 44.5 Å². The van der Waals surface area contributed by atoms with E-state index in [-0.39, 0.29) is 20.1 Å².